The summed E-state index contributed by atoms with van der Waals surface area (Å²) >= 11 is 6.96. The van der Waals surface area contributed by atoms with Gasteiger partial charge in [-0.3, -0.25) is 0 Å². The lowest BCUT2D eigenvalue weighted by Crippen LogP contribution is -2.14. The van der Waals surface area contributed by atoms with Gasteiger partial charge >= 0.3 is 0 Å². The minimum Gasteiger partial charge on any atom is -0.494 e. The van der Waals surface area contributed by atoms with Crippen LogP contribution in [0.1, 0.15) is 12.0 Å². The Hall–Kier alpha value is -0.320. The Balaban J connectivity index is 2.64. The summed E-state index contributed by atoms with van der Waals surface area (Å²) in [5.74, 6) is 0.829. The zero-order chi connectivity index (χ0) is 12.0. The van der Waals surface area contributed by atoms with Crippen molar-refractivity contribution in [3.8, 4) is 5.75 Å². The lowest BCUT2D eigenvalue weighted by molar-refractivity contribution is 0.409. The zero-order valence-electron chi connectivity index (χ0n) is 9.22. The molecule has 2 nitrogen and oxygen atoms in total. The van der Waals surface area contributed by atoms with E-state index in [0.29, 0.717) is 0 Å². The SMILES string of the molecule is C=CCCNCc1cc(Br)c(OC)c(Br)c1. The first-order valence-electron chi connectivity index (χ1n) is 5.02. The molecule has 0 aromatic heterocycles. The Morgan fingerprint density at radius 3 is 2.50 bits per heavy atom. The lowest BCUT2D eigenvalue weighted by atomic mass is 10.2. The molecule has 0 spiro atoms. The predicted molar refractivity (Wildman–Crippen MR) is 74.9 cm³/mol. The molecule has 0 unspecified atom stereocenters. The van der Waals surface area contributed by atoms with Crippen LogP contribution in [0.25, 0.3) is 0 Å². The van der Waals surface area contributed by atoms with E-state index in [1.807, 2.05) is 6.08 Å². The van der Waals surface area contributed by atoms with Crippen LogP contribution in [0.5, 0.6) is 5.75 Å². The maximum absolute atomic E-state index is 5.25. The first kappa shape index (κ1) is 13.7. The molecule has 1 aromatic rings. The van der Waals surface area contributed by atoms with Gasteiger partial charge in [0.2, 0.25) is 0 Å². The number of hydrogen-bond acceptors (Lipinski definition) is 2. The lowest BCUT2D eigenvalue weighted by Gasteiger charge is -2.09. The Bertz CT molecular complexity index is 343. The van der Waals surface area contributed by atoms with Crippen LogP contribution in [-0.4, -0.2) is 13.7 Å². The summed E-state index contributed by atoms with van der Waals surface area (Å²) in [7, 11) is 1.66. The highest BCUT2D eigenvalue weighted by Gasteiger charge is 2.07. The molecular formula is C12H15Br2NO. The van der Waals surface area contributed by atoms with Gasteiger partial charge in [0.1, 0.15) is 5.75 Å². The predicted octanol–water partition coefficient (Wildman–Crippen LogP) is 3.89. The fraction of sp³-hybridized carbons (Fsp3) is 0.333. The fourth-order valence-electron chi connectivity index (χ4n) is 1.35. The standard InChI is InChI=1S/C12H15Br2NO/c1-3-4-5-15-8-9-6-10(13)12(16-2)11(14)7-9/h3,6-7,15H,1,4-5,8H2,2H3. The van der Waals surface area contributed by atoms with E-state index in [4.69, 9.17) is 4.74 Å². The molecule has 1 rings (SSSR count). The number of ether oxygens (including phenoxy) is 1. The Labute approximate surface area is 113 Å². The van der Waals surface area contributed by atoms with Crippen molar-refractivity contribution < 1.29 is 4.74 Å². The normalized spacial score (nSPS) is 10.2. The Kier molecular flexibility index (Phi) is 6.09. The number of nitrogens with one attached hydrogen (secondary N) is 1. The van der Waals surface area contributed by atoms with Gasteiger partial charge in [0.05, 0.1) is 16.1 Å². The van der Waals surface area contributed by atoms with Crippen molar-refractivity contribution in [1.82, 2.24) is 5.32 Å². The second kappa shape index (κ2) is 7.09. The van der Waals surface area contributed by atoms with Gasteiger partial charge in [-0.1, -0.05) is 6.08 Å². The van der Waals surface area contributed by atoms with Gasteiger partial charge in [-0.2, -0.15) is 0 Å². The van der Waals surface area contributed by atoms with Crippen LogP contribution in [0.3, 0.4) is 0 Å². The molecule has 0 aliphatic carbocycles. The highest BCUT2D eigenvalue weighted by atomic mass is 79.9. The van der Waals surface area contributed by atoms with Gasteiger partial charge in [-0.05, 0) is 62.5 Å². The fourth-order valence-corrected chi connectivity index (χ4v) is 2.95. The van der Waals surface area contributed by atoms with E-state index in [0.717, 1.165) is 34.2 Å². The second-order valence-electron chi connectivity index (χ2n) is 3.35. The van der Waals surface area contributed by atoms with Gasteiger partial charge in [0, 0.05) is 6.54 Å². The smallest absolute Gasteiger partial charge is 0.147 e. The van der Waals surface area contributed by atoms with E-state index in [9.17, 15) is 0 Å². The molecule has 4 heteroatoms. The molecule has 0 radical (unpaired) electrons. The maximum atomic E-state index is 5.25. The number of methoxy groups -OCH3 is 1. The third kappa shape index (κ3) is 3.92. The van der Waals surface area contributed by atoms with E-state index >= 15 is 0 Å². The molecule has 0 saturated heterocycles. The average molecular weight is 349 g/mol. The van der Waals surface area contributed by atoms with Crippen LogP contribution in [0.2, 0.25) is 0 Å². The molecule has 88 valence electrons. The van der Waals surface area contributed by atoms with Crippen molar-refractivity contribution >= 4 is 31.9 Å². The van der Waals surface area contributed by atoms with Crippen molar-refractivity contribution in [2.75, 3.05) is 13.7 Å². The molecule has 0 heterocycles. The quantitative estimate of drug-likeness (QED) is 0.622. The van der Waals surface area contributed by atoms with Crippen LogP contribution >= 0.6 is 31.9 Å². The number of hydrogen-bond donors (Lipinski definition) is 1. The summed E-state index contributed by atoms with van der Waals surface area (Å²) in [4.78, 5) is 0. The van der Waals surface area contributed by atoms with Crippen molar-refractivity contribution in [2.45, 2.75) is 13.0 Å². The molecule has 0 saturated carbocycles. The molecule has 0 aliphatic heterocycles. The maximum Gasteiger partial charge on any atom is 0.147 e. The highest BCUT2D eigenvalue weighted by Crippen LogP contribution is 2.34. The van der Waals surface area contributed by atoms with Crippen LogP contribution in [0.15, 0.2) is 33.7 Å². The van der Waals surface area contributed by atoms with Crippen molar-refractivity contribution in [1.29, 1.82) is 0 Å². The van der Waals surface area contributed by atoms with Crippen molar-refractivity contribution in [2.24, 2.45) is 0 Å². The largest absolute Gasteiger partial charge is 0.494 e. The van der Waals surface area contributed by atoms with Crippen LogP contribution < -0.4 is 10.1 Å². The van der Waals surface area contributed by atoms with E-state index in [2.05, 4.69) is 55.9 Å². The van der Waals surface area contributed by atoms with E-state index in [1.54, 1.807) is 7.11 Å². The summed E-state index contributed by atoms with van der Waals surface area (Å²) in [5, 5.41) is 3.34. The van der Waals surface area contributed by atoms with Gasteiger partial charge in [-0.25, -0.2) is 0 Å². The third-order valence-corrected chi connectivity index (χ3v) is 3.29. The molecule has 1 aromatic carbocycles. The summed E-state index contributed by atoms with van der Waals surface area (Å²) < 4.78 is 7.17. The molecule has 0 bridgehead atoms. The molecule has 0 amide bonds. The van der Waals surface area contributed by atoms with Crippen molar-refractivity contribution in [3.63, 3.8) is 0 Å². The van der Waals surface area contributed by atoms with E-state index < -0.39 is 0 Å². The number of benzene rings is 1. The molecule has 0 aliphatic rings. The van der Waals surface area contributed by atoms with Gasteiger partial charge in [-0.15, -0.1) is 6.58 Å². The first-order valence-corrected chi connectivity index (χ1v) is 6.61. The Morgan fingerprint density at radius 2 is 2.00 bits per heavy atom. The number of rotatable bonds is 6. The summed E-state index contributed by atoms with van der Waals surface area (Å²) in [6, 6.07) is 4.12. The Morgan fingerprint density at radius 1 is 1.38 bits per heavy atom. The summed E-state index contributed by atoms with van der Waals surface area (Å²) in [6.07, 6.45) is 2.89. The molecular weight excluding hydrogens is 334 g/mol. The monoisotopic (exact) mass is 347 g/mol. The second-order valence-corrected chi connectivity index (χ2v) is 5.06. The minimum atomic E-state index is 0.829. The summed E-state index contributed by atoms with van der Waals surface area (Å²) in [6.45, 7) is 5.48. The van der Waals surface area contributed by atoms with Crippen molar-refractivity contribution in [3.05, 3.63) is 39.3 Å². The van der Waals surface area contributed by atoms with Gasteiger partial charge in [0.25, 0.3) is 0 Å². The van der Waals surface area contributed by atoms with Gasteiger partial charge < -0.3 is 10.1 Å². The van der Waals surface area contributed by atoms with Gasteiger partial charge in [0.15, 0.2) is 0 Å². The third-order valence-electron chi connectivity index (χ3n) is 2.12. The van der Waals surface area contributed by atoms with E-state index in [-0.39, 0.29) is 0 Å². The first-order chi connectivity index (χ1) is 7.69. The minimum absolute atomic E-state index is 0.829. The highest BCUT2D eigenvalue weighted by molar-refractivity contribution is 9.11. The topological polar surface area (TPSA) is 21.3 Å². The molecule has 0 atom stereocenters. The molecule has 16 heavy (non-hydrogen) atoms. The van der Waals surface area contributed by atoms with Crippen LogP contribution in [-0.2, 0) is 6.54 Å². The van der Waals surface area contributed by atoms with Crippen LogP contribution in [0, 0.1) is 0 Å². The van der Waals surface area contributed by atoms with Crippen LogP contribution in [0.4, 0.5) is 0 Å². The van der Waals surface area contributed by atoms with E-state index in [1.165, 1.54) is 5.56 Å². The zero-order valence-corrected chi connectivity index (χ0v) is 12.4. The molecule has 1 N–H and O–H groups in total. The summed E-state index contributed by atoms with van der Waals surface area (Å²) in [5.41, 5.74) is 1.21. The average Bonchev–Trinajstić information content (AvgIpc) is 2.24. The number of halogens is 2. The molecule has 0 fully saturated rings.